The first-order valence-corrected chi connectivity index (χ1v) is 11.8. The Kier molecular flexibility index (Phi) is 6.43. The van der Waals surface area contributed by atoms with Crippen LogP contribution in [0, 0.1) is 0 Å². The Bertz CT molecular complexity index is 878. The van der Waals surface area contributed by atoms with Crippen molar-refractivity contribution in [3.8, 4) is 0 Å². The van der Waals surface area contributed by atoms with E-state index in [4.69, 9.17) is 0 Å². The molecule has 6 nitrogen and oxygen atoms in total. The van der Waals surface area contributed by atoms with Gasteiger partial charge in [-0.25, -0.2) is 9.48 Å². The highest BCUT2D eigenvalue weighted by atomic mass is 32.2. The number of piperidine rings is 1. The van der Waals surface area contributed by atoms with Crippen molar-refractivity contribution < 1.29 is 4.79 Å². The summed E-state index contributed by atoms with van der Waals surface area (Å²) >= 11 is 1.68. The van der Waals surface area contributed by atoms with Gasteiger partial charge in [0.05, 0.1) is 5.75 Å². The number of amides is 1. The molecule has 2 aromatic rings. The lowest BCUT2D eigenvalue weighted by Crippen LogP contribution is -2.39. The van der Waals surface area contributed by atoms with Crippen molar-refractivity contribution in [1.82, 2.24) is 19.2 Å². The van der Waals surface area contributed by atoms with Gasteiger partial charge in [0.1, 0.15) is 5.82 Å². The molecule has 1 amide bonds. The Labute approximate surface area is 176 Å². The highest BCUT2D eigenvalue weighted by Gasteiger charge is 2.31. The predicted octanol–water partition coefficient (Wildman–Crippen LogP) is 3.34. The van der Waals surface area contributed by atoms with Crippen molar-refractivity contribution in [2.75, 3.05) is 18.8 Å². The van der Waals surface area contributed by atoms with Crippen molar-refractivity contribution in [2.45, 2.75) is 56.2 Å². The number of carbonyl (C=O) groups excluding carboxylic acids is 1. The Morgan fingerprint density at radius 3 is 2.48 bits per heavy atom. The summed E-state index contributed by atoms with van der Waals surface area (Å²) in [5.41, 5.74) is 1.27. The fourth-order valence-electron chi connectivity index (χ4n) is 4.59. The van der Waals surface area contributed by atoms with Crippen LogP contribution in [0.4, 0.5) is 0 Å². The minimum atomic E-state index is 0.0164. The van der Waals surface area contributed by atoms with Gasteiger partial charge in [0.2, 0.25) is 5.91 Å². The van der Waals surface area contributed by atoms with Crippen LogP contribution in [0.1, 0.15) is 61.9 Å². The van der Waals surface area contributed by atoms with Gasteiger partial charge in [0.15, 0.2) is 0 Å². The monoisotopic (exact) mass is 414 g/mol. The molecule has 29 heavy (non-hydrogen) atoms. The lowest BCUT2D eigenvalue weighted by molar-refractivity contribution is -0.129. The van der Waals surface area contributed by atoms with E-state index in [2.05, 4.69) is 17.2 Å². The van der Waals surface area contributed by atoms with Crippen molar-refractivity contribution in [1.29, 1.82) is 0 Å². The SMILES string of the molecule is Cn1nc(C2CCN(C(=O)CSCc3ccccc3)CC2)n(C2CCCC2)c1=O. The van der Waals surface area contributed by atoms with Gasteiger partial charge < -0.3 is 4.90 Å². The Balaban J connectivity index is 1.32. The van der Waals surface area contributed by atoms with E-state index in [9.17, 15) is 9.59 Å². The number of hydrogen-bond donors (Lipinski definition) is 0. The first-order valence-electron chi connectivity index (χ1n) is 10.7. The van der Waals surface area contributed by atoms with E-state index >= 15 is 0 Å². The van der Waals surface area contributed by atoms with Crippen LogP contribution >= 0.6 is 11.8 Å². The number of nitrogens with zero attached hydrogens (tertiary/aromatic N) is 4. The zero-order valence-corrected chi connectivity index (χ0v) is 17.9. The van der Waals surface area contributed by atoms with Crippen LogP contribution in [0.2, 0.25) is 0 Å². The topological polar surface area (TPSA) is 60.1 Å². The molecule has 0 N–H and O–H groups in total. The lowest BCUT2D eigenvalue weighted by atomic mass is 9.95. The molecule has 4 rings (SSSR count). The molecule has 1 aliphatic heterocycles. The molecular formula is C22H30N4O2S. The number of rotatable bonds is 6. The second-order valence-electron chi connectivity index (χ2n) is 8.21. The lowest BCUT2D eigenvalue weighted by Gasteiger charge is -2.32. The summed E-state index contributed by atoms with van der Waals surface area (Å²) in [6, 6.07) is 10.6. The second kappa shape index (κ2) is 9.20. The number of aromatic nitrogens is 3. The average Bonchev–Trinajstić information content (AvgIpc) is 3.37. The van der Waals surface area contributed by atoms with Gasteiger partial charge in [-0.15, -0.1) is 11.8 Å². The molecule has 1 saturated heterocycles. The zero-order chi connectivity index (χ0) is 20.2. The summed E-state index contributed by atoms with van der Waals surface area (Å²) in [5.74, 6) is 2.82. The van der Waals surface area contributed by atoms with Gasteiger partial charge in [-0.05, 0) is 31.2 Å². The summed E-state index contributed by atoms with van der Waals surface area (Å²) in [5, 5.41) is 4.59. The van der Waals surface area contributed by atoms with Crippen molar-refractivity contribution in [3.05, 3.63) is 52.2 Å². The average molecular weight is 415 g/mol. The van der Waals surface area contributed by atoms with Crippen LogP contribution in [0.3, 0.4) is 0 Å². The van der Waals surface area contributed by atoms with E-state index in [0.29, 0.717) is 11.8 Å². The van der Waals surface area contributed by atoms with Crippen molar-refractivity contribution >= 4 is 17.7 Å². The molecule has 0 spiro atoms. The van der Waals surface area contributed by atoms with E-state index in [1.54, 1.807) is 18.8 Å². The van der Waals surface area contributed by atoms with Crippen molar-refractivity contribution in [2.24, 2.45) is 7.05 Å². The zero-order valence-electron chi connectivity index (χ0n) is 17.1. The van der Waals surface area contributed by atoms with E-state index in [1.807, 2.05) is 27.7 Å². The van der Waals surface area contributed by atoms with Crippen LogP contribution in [-0.2, 0) is 17.6 Å². The van der Waals surface area contributed by atoms with Gasteiger partial charge in [-0.1, -0.05) is 43.2 Å². The standard InChI is InChI=1S/C22H30N4O2S/c1-24-22(28)26(19-9-5-6-10-19)21(23-24)18-11-13-25(14-12-18)20(27)16-29-15-17-7-3-2-4-8-17/h2-4,7-8,18-19H,5-6,9-16H2,1H3. The van der Waals surface area contributed by atoms with E-state index in [0.717, 1.165) is 50.4 Å². The molecule has 1 aliphatic carbocycles. The Hall–Kier alpha value is -2.02. The summed E-state index contributed by atoms with van der Waals surface area (Å²) in [6.07, 6.45) is 6.32. The highest BCUT2D eigenvalue weighted by Crippen LogP contribution is 2.33. The molecule has 0 bridgehead atoms. The first-order chi connectivity index (χ1) is 14.1. The van der Waals surface area contributed by atoms with Crippen molar-refractivity contribution in [3.63, 3.8) is 0 Å². The quantitative estimate of drug-likeness (QED) is 0.727. The number of likely N-dealkylation sites (tertiary alicyclic amines) is 1. The molecule has 0 radical (unpaired) electrons. The largest absolute Gasteiger partial charge is 0.345 e. The molecule has 1 aromatic heterocycles. The molecule has 2 fully saturated rings. The Morgan fingerprint density at radius 1 is 1.10 bits per heavy atom. The van der Waals surface area contributed by atoms with Crippen LogP contribution in [0.15, 0.2) is 35.1 Å². The maximum atomic E-state index is 12.6. The third kappa shape index (κ3) is 4.60. The minimum Gasteiger partial charge on any atom is -0.342 e. The smallest absolute Gasteiger partial charge is 0.342 e. The molecule has 2 aliphatic rings. The third-order valence-electron chi connectivity index (χ3n) is 6.22. The number of thioether (sulfide) groups is 1. The van der Waals surface area contributed by atoms with Gasteiger partial charge in [-0.2, -0.15) is 5.10 Å². The van der Waals surface area contributed by atoms with Gasteiger partial charge in [0.25, 0.3) is 0 Å². The fraction of sp³-hybridized carbons (Fsp3) is 0.591. The number of aryl methyl sites for hydroxylation is 1. The number of hydrogen-bond acceptors (Lipinski definition) is 4. The highest BCUT2D eigenvalue weighted by molar-refractivity contribution is 7.99. The molecule has 1 saturated carbocycles. The summed E-state index contributed by atoms with van der Waals surface area (Å²) in [6.45, 7) is 1.51. The van der Waals surface area contributed by atoms with Gasteiger partial charge in [-0.3, -0.25) is 9.36 Å². The fourth-order valence-corrected chi connectivity index (χ4v) is 5.48. The maximum Gasteiger partial charge on any atom is 0.345 e. The van der Waals surface area contributed by atoms with E-state index < -0.39 is 0 Å². The molecule has 2 heterocycles. The van der Waals surface area contributed by atoms with Crippen LogP contribution < -0.4 is 5.69 Å². The first kappa shape index (κ1) is 20.3. The predicted molar refractivity (Wildman–Crippen MR) is 116 cm³/mol. The summed E-state index contributed by atoms with van der Waals surface area (Å²) in [4.78, 5) is 27.2. The molecule has 1 aromatic carbocycles. The van der Waals surface area contributed by atoms with Gasteiger partial charge >= 0.3 is 5.69 Å². The second-order valence-corrected chi connectivity index (χ2v) is 9.19. The van der Waals surface area contributed by atoms with E-state index in [1.165, 1.54) is 23.1 Å². The van der Waals surface area contributed by atoms with Crippen LogP contribution in [-0.4, -0.2) is 44.0 Å². The minimum absolute atomic E-state index is 0.0164. The Morgan fingerprint density at radius 2 is 1.79 bits per heavy atom. The number of benzene rings is 1. The molecule has 156 valence electrons. The van der Waals surface area contributed by atoms with Crippen LogP contribution in [0.25, 0.3) is 0 Å². The molecule has 0 unspecified atom stereocenters. The summed E-state index contributed by atoms with van der Waals surface area (Å²) < 4.78 is 3.45. The molecule has 7 heteroatoms. The normalized spacial score (nSPS) is 18.4. The molecular weight excluding hydrogens is 384 g/mol. The number of carbonyl (C=O) groups is 1. The van der Waals surface area contributed by atoms with Gasteiger partial charge in [0, 0.05) is 37.8 Å². The maximum absolute atomic E-state index is 12.6. The summed E-state index contributed by atoms with van der Waals surface area (Å²) in [7, 11) is 1.75. The molecule has 0 atom stereocenters. The van der Waals surface area contributed by atoms with Crippen LogP contribution in [0.5, 0.6) is 0 Å². The third-order valence-corrected chi connectivity index (χ3v) is 7.21. The van der Waals surface area contributed by atoms with E-state index in [-0.39, 0.29) is 17.5 Å².